The van der Waals surface area contributed by atoms with Crippen LogP contribution in [0.1, 0.15) is 10.4 Å². The lowest BCUT2D eigenvalue weighted by Crippen LogP contribution is -2.01. The number of hydrogen-bond acceptors (Lipinski definition) is 5. The minimum atomic E-state index is 0.238. The van der Waals surface area contributed by atoms with Gasteiger partial charge in [-0.2, -0.15) is 4.98 Å². The molecule has 5 heteroatoms. The Morgan fingerprint density at radius 1 is 1.53 bits per heavy atom. The molecule has 0 aliphatic carbocycles. The smallest absolute Gasteiger partial charge is 0.223 e. The van der Waals surface area contributed by atoms with Crippen molar-refractivity contribution in [2.45, 2.75) is 13.5 Å². The molecule has 2 aromatic rings. The summed E-state index contributed by atoms with van der Waals surface area (Å²) in [5.41, 5.74) is 6.37. The van der Waals surface area contributed by atoms with E-state index in [4.69, 9.17) is 10.5 Å². The van der Waals surface area contributed by atoms with Crippen molar-refractivity contribution in [3.63, 3.8) is 0 Å². The first-order chi connectivity index (χ1) is 7.25. The highest BCUT2D eigenvalue weighted by atomic mass is 32.1. The Hall–Kier alpha value is -1.62. The monoisotopic (exact) mass is 221 g/mol. The third-order valence-electron chi connectivity index (χ3n) is 1.88. The first-order valence-electron chi connectivity index (χ1n) is 4.50. The van der Waals surface area contributed by atoms with Crippen LogP contribution >= 0.6 is 11.3 Å². The fraction of sp³-hybridized carbons (Fsp3) is 0.200. The van der Waals surface area contributed by atoms with Crippen LogP contribution < -0.4 is 10.5 Å². The van der Waals surface area contributed by atoms with Gasteiger partial charge in [0.1, 0.15) is 6.61 Å². The summed E-state index contributed by atoms with van der Waals surface area (Å²) in [6.07, 6.45) is 1.66. The Labute approximate surface area is 91.8 Å². The summed E-state index contributed by atoms with van der Waals surface area (Å²) in [4.78, 5) is 9.05. The minimum Gasteiger partial charge on any atom is -0.472 e. The van der Waals surface area contributed by atoms with Crippen molar-refractivity contribution in [1.29, 1.82) is 0 Å². The van der Waals surface area contributed by atoms with Gasteiger partial charge in [0.15, 0.2) is 0 Å². The van der Waals surface area contributed by atoms with Crippen molar-refractivity contribution in [1.82, 2.24) is 9.97 Å². The molecule has 78 valence electrons. The fourth-order valence-corrected chi connectivity index (χ4v) is 1.74. The van der Waals surface area contributed by atoms with E-state index in [1.54, 1.807) is 17.5 Å². The molecule has 0 radical (unpaired) electrons. The third kappa shape index (κ3) is 2.44. The number of nitrogens with two attached hydrogens (primary N) is 1. The van der Waals surface area contributed by atoms with Crippen LogP contribution in [0.3, 0.4) is 0 Å². The minimum absolute atomic E-state index is 0.238. The van der Waals surface area contributed by atoms with E-state index in [2.05, 4.69) is 9.97 Å². The van der Waals surface area contributed by atoms with Crippen LogP contribution in [0.2, 0.25) is 0 Å². The number of nitrogen functional groups attached to an aromatic ring is 1. The van der Waals surface area contributed by atoms with Crippen LogP contribution in [0.5, 0.6) is 5.88 Å². The normalized spacial score (nSPS) is 10.2. The van der Waals surface area contributed by atoms with Gasteiger partial charge in [-0.15, -0.1) is 11.3 Å². The second kappa shape index (κ2) is 4.27. The highest BCUT2D eigenvalue weighted by Crippen LogP contribution is 2.17. The van der Waals surface area contributed by atoms with Gasteiger partial charge >= 0.3 is 0 Å². The number of aryl methyl sites for hydroxylation is 1. The third-order valence-corrected chi connectivity index (χ3v) is 2.73. The van der Waals surface area contributed by atoms with Gasteiger partial charge < -0.3 is 10.5 Å². The summed E-state index contributed by atoms with van der Waals surface area (Å²) >= 11 is 1.65. The summed E-state index contributed by atoms with van der Waals surface area (Å²) in [7, 11) is 0. The molecule has 0 fully saturated rings. The molecule has 0 aromatic carbocycles. The number of nitrogens with zero attached hydrogens (tertiary/aromatic N) is 2. The Bertz CT molecular complexity index is 442. The molecule has 0 aliphatic heterocycles. The predicted molar refractivity (Wildman–Crippen MR) is 59.8 cm³/mol. The second-order valence-corrected chi connectivity index (χ2v) is 4.12. The van der Waals surface area contributed by atoms with Crippen LogP contribution in [0.15, 0.2) is 23.7 Å². The van der Waals surface area contributed by atoms with Crippen molar-refractivity contribution in [3.05, 3.63) is 34.2 Å². The molecular weight excluding hydrogens is 210 g/mol. The van der Waals surface area contributed by atoms with Crippen molar-refractivity contribution >= 4 is 17.3 Å². The average Bonchev–Trinajstić information content (AvgIpc) is 2.72. The standard InChI is InChI=1S/C10H11N3OS/c1-7-5-12-10(11)13-9(7)14-6-8-3-2-4-15-8/h2-5H,6H2,1H3,(H2,11,12,13). The Morgan fingerprint density at radius 3 is 3.13 bits per heavy atom. The van der Waals surface area contributed by atoms with Crippen molar-refractivity contribution < 1.29 is 4.74 Å². The highest BCUT2D eigenvalue weighted by Gasteiger charge is 2.03. The maximum absolute atomic E-state index is 5.54. The molecule has 2 rings (SSSR count). The molecule has 0 spiro atoms. The number of thiophene rings is 1. The maximum Gasteiger partial charge on any atom is 0.223 e. The SMILES string of the molecule is Cc1cnc(N)nc1OCc1cccs1. The van der Waals surface area contributed by atoms with Crippen LogP contribution in [0, 0.1) is 6.92 Å². The second-order valence-electron chi connectivity index (χ2n) is 3.08. The Balaban J connectivity index is 2.07. The van der Waals surface area contributed by atoms with Gasteiger partial charge in [-0.3, -0.25) is 0 Å². The lowest BCUT2D eigenvalue weighted by Gasteiger charge is -2.06. The van der Waals surface area contributed by atoms with Gasteiger partial charge in [-0.05, 0) is 18.4 Å². The van der Waals surface area contributed by atoms with Crippen molar-refractivity contribution in [2.24, 2.45) is 0 Å². The van der Waals surface area contributed by atoms with Crippen molar-refractivity contribution in [3.8, 4) is 5.88 Å². The van der Waals surface area contributed by atoms with E-state index in [9.17, 15) is 0 Å². The van der Waals surface area contributed by atoms with Crippen LogP contribution in [0.4, 0.5) is 5.95 Å². The number of aromatic nitrogens is 2. The predicted octanol–water partition coefficient (Wildman–Crippen LogP) is 2.01. The van der Waals surface area contributed by atoms with Crippen LogP contribution in [-0.2, 0) is 6.61 Å². The summed E-state index contributed by atoms with van der Waals surface area (Å²) < 4.78 is 5.54. The summed E-state index contributed by atoms with van der Waals surface area (Å²) in [5.74, 6) is 0.790. The summed E-state index contributed by atoms with van der Waals surface area (Å²) in [6.45, 7) is 2.41. The largest absolute Gasteiger partial charge is 0.472 e. The number of anilines is 1. The number of ether oxygens (including phenoxy) is 1. The molecular formula is C10H11N3OS. The lowest BCUT2D eigenvalue weighted by atomic mass is 10.4. The molecule has 4 nitrogen and oxygen atoms in total. The molecule has 2 heterocycles. The van der Waals surface area contributed by atoms with Gasteiger partial charge in [-0.25, -0.2) is 4.98 Å². The quantitative estimate of drug-likeness (QED) is 0.861. The molecule has 0 unspecified atom stereocenters. The topological polar surface area (TPSA) is 61.0 Å². The highest BCUT2D eigenvalue weighted by molar-refractivity contribution is 7.09. The van der Waals surface area contributed by atoms with E-state index >= 15 is 0 Å². The van der Waals surface area contributed by atoms with E-state index in [1.807, 2.05) is 24.4 Å². The zero-order valence-electron chi connectivity index (χ0n) is 8.30. The van der Waals surface area contributed by atoms with E-state index < -0.39 is 0 Å². The van der Waals surface area contributed by atoms with Crippen molar-refractivity contribution in [2.75, 3.05) is 5.73 Å². The van der Waals surface area contributed by atoms with E-state index in [1.165, 1.54) is 0 Å². The number of rotatable bonds is 3. The number of hydrogen-bond donors (Lipinski definition) is 1. The van der Waals surface area contributed by atoms with Crippen LogP contribution in [-0.4, -0.2) is 9.97 Å². The zero-order chi connectivity index (χ0) is 10.7. The zero-order valence-corrected chi connectivity index (χ0v) is 9.12. The van der Waals surface area contributed by atoms with E-state index in [0.29, 0.717) is 12.5 Å². The first kappa shape index (κ1) is 9.92. The summed E-state index contributed by atoms with van der Waals surface area (Å²) in [5, 5.41) is 2.01. The van der Waals surface area contributed by atoms with Gasteiger partial charge in [0, 0.05) is 16.6 Å². The molecule has 0 amide bonds. The molecule has 15 heavy (non-hydrogen) atoms. The molecule has 0 saturated heterocycles. The molecule has 0 aliphatic rings. The molecule has 0 bridgehead atoms. The summed E-state index contributed by atoms with van der Waals surface area (Å²) in [6, 6.07) is 4.01. The van der Waals surface area contributed by atoms with Gasteiger partial charge in [0.25, 0.3) is 0 Å². The average molecular weight is 221 g/mol. The molecule has 0 saturated carbocycles. The lowest BCUT2D eigenvalue weighted by molar-refractivity contribution is 0.295. The van der Waals surface area contributed by atoms with Gasteiger partial charge in [0.2, 0.25) is 11.8 Å². The fourth-order valence-electron chi connectivity index (χ4n) is 1.12. The van der Waals surface area contributed by atoms with E-state index in [-0.39, 0.29) is 5.95 Å². The molecule has 2 aromatic heterocycles. The Morgan fingerprint density at radius 2 is 2.40 bits per heavy atom. The van der Waals surface area contributed by atoms with E-state index in [0.717, 1.165) is 10.4 Å². The first-order valence-corrected chi connectivity index (χ1v) is 5.38. The molecule has 2 N–H and O–H groups in total. The molecule has 0 atom stereocenters. The van der Waals surface area contributed by atoms with Gasteiger partial charge in [-0.1, -0.05) is 6.07 Å². The Kier molecular flexibility index (Phi) is 2.82. The maximum atomic E-state index is 5.54. The van der Waals surface area contributed by atoms with Gasteiger partial charge in [0.05, 0.1) is 0 Å². The van der Waals surface area contributed by atoms with Crippen LogP contribution in [0.25, 0.3) is 0 Å².